The van der Waals surface area contributed by atoms with Gasteiger partial charge in [-0.1, -0.05) is 17.8 Å². The summed E-state index contributed by atoms with van der Waals surface area (Å²) in [6, 6.07) is -0.156. The average Bonchev–Trinajstić information content (AvgIpc) is 2.94. The number of hydrogen-bond acceptors (Lipinski definition) is 4. The highest BCUT2D eigenvalue weighted by atomic mass is 32.1. The van der Waals surface area contributed by atoms with Crippen LogP contribution in [-0.2, 0) is 16.1 Å². The number of nitrogens with two attached hydrogens (primary N) is 1. The van der Waals surface area contributed by atoms with Gasteiger partial charge in [0.1, 0.15) is 0 Å². The van der Waals surface area contributed by atoms with Gasteiger partial charge in [0.25, 0.3) is 0 Å². The SMILES string of the molecule is Cc1sc(=O)n(CCC(=O)N[C@@H]2CCC[C@@H]2C(N)=O)c1C. The first-order valence-corrected chi connectivity index (χ1v) is 7.97. The molecule has 21 heavy (non-hydrogen) atoms. The number of carbonyl (C=O) groups excluding carboxylic acids is 2. The third-order valence-corrected chi connectivity index (χ3v) is 5.16. The molecule has 0 aliphatic heterocycles. The number of hydrogen-bond donors (Lipinski definition) is 2. The molecule has 1 fully saturated rings. The molecule has 116 valence electrons. The summed E-state index contributed by atoms with van der Waals surface area (Å²) in [6.07, 6.45) is 2.66. The Morgan fingerprint density at radius 3 is 2.67 bits per heavy atom. The molecule has 7 heteroatoms. The van der Waals surface area contributed by atoms with Crippen molar-refractivity contribution in [3.05, 3.63) is 20.2 Å². The van der Waals surface area contributed by atoms with Gasteiger partial charge in [-0.05, 0) is 26.7 Å². The van der Waals surface area contributed by atoms with E-state index in [-0.39, 0.29) is 35.1 Å². The second kappa shape index (κ2) is 6.43. The lowest BCUT2D eigenvalue weighted by molar-refractivity contribution is -0.124. The summed E-state index contributed by atoms with van der Waals surface area (Å²) in [5.41, 5.74) is 6.25. The number of aromatic nitrogens is 1. The van der Waals surface area contributed by atoms with Crippen molar-refractivity contribution in [2.45, 2.75) is 52.1 Å². The zero-order chi connectivity index (χ0) is 15.6. The monoisotopic (exact) mass is 311 g/mol. The molecule has 0 unspecified atom stereocenters. The molecule has 0 saturated heterocycles. The second-order valence-corrected chi connectivity index (χ2v) is 6.69. The zero-order valence-electron chi connectivity index (χ0n) is 12.3. The van der Waals surface area contributed by atoms with E-state index in [2.05, 4.69) is 5.32 Å². The number of amides is 2. The molecule has 1 aromatic rings. The van der Waals surface area contributed by atoms with Gasteiger partial charge < -0.3 is 15.6 Å². The van der Waals surface area contributed by atoms with Crippen LogP contribution in [0.15, 0.2) is 4.79 Å². The van der Waals surface area contributed by atoms with Gasteiger partial charge in [-0.2, -0.15) is 0 Å². The molecule has 2 rings (SSSR count). The van der Waals surface area contributed by atoms with Gasteiger partial charge in [-0.3, -0.25) is 14.4 Å². The van der Waals surface area contributed by atoms with Crippen LogP contribution in [0.5, 0.6) is 0 Å². The van der Waals surface area contributed by atoms with Gasteiger partial charge >= 0.3 is 4.87 Å². The molecule has 0 spiro atoms. The minimum Gasteiger partial charge on any atom is -0.369 e. The summed E-state index contributed by atoms with van der Waals surface area (Å²) < 4.78 is 1.62. The van der Waals surface area contributed by atoms with Crippen molar-refractivity contribution < 1.29 is 9.59 Å². The summed E-state index contributed by atoms with van der Waals surface area (Å²) in [5.74, 6) is -0.747. The third kappa shape index (κ3) is 3.53. The quantitative estimate of drug-likeness (QED) is 0.837. The summed E-state index contributed by atoms with van der Waals surface area (Å²) in [7, 11) is 0. The van der Waals surface area contributed by atoms with Crippen molar-refractivity contribution in [1.29, 1.82) is 0 Å². The van der Waals surface area contributed by atoms with E-state index in [9.17, 15) is 14.4 Å². The molecule has 1 saturated carbocycles. The topological polar surface area (TPSA) is 94.2 Å². The number of nitrogens with one attached hydrogen (secondary N) is 1. The number of nitrogens with zero attached hydrogens (tertiary/aromatic N) is 1. The maximum Gasteiger partial charge on any atom is 0.307 e. The fourth-order valence-corrected chi connectivity index (χ4v) is 3.67. The van der Waals surface area contributed by atoms with Crippen molar-refractivity contribution >= 4 is 23.2 Å². The zero-order valence-corrected chi connectivity index (χ0v) is 13.2. The highest BCUT2D eigenvalue weighted by Gasteiger charge is 2.32. The number of carbonyl (C=O) groups is 2. The molecule has 3 N–H and O–H groups in total. The predicted octanol–water partition coefficient (Wildman–Crippen LogP) is 0.687. The predicted molar refractivity (Wildman–Crippen MR) is 81.1 cm³/mol. The first-order chi connectivity index (χ1) is 9.90. The van der Waals surface area contributed by atoms with Crippen LogP contribution in [0.25, 0.3) is 0 Å². The Morgan fingerprint density at radius 1 is 1.38 bits per heavy atom. The largest absolute Gasteiger partial charge is 0.369 e. The first kappa shape index (κ1) is 15.8. The van der Waals surface area contributed by atoms with E-state index < -0.39 is 0 Å². The van der Waals surface area contributed by atoms with E-state index in [0.29, 0.717) is 6.54 Å². The highest BCUT2D eigenvalue weighted by Crippen LogP contribution is 2.25. The Balaban J connectivity index is 1.91. The summed E-state index contributed by atoms with van der Waals surface area (Å²) in [4.78, 5) is 36.0. The van der Waals surface area contributed by atoms with E-state index in [4.69, 9.17) is 5.73 Å². The van der Waals surface area contributed by atoms with Crippen LogP contribution in [0.1, 0.15) is 36.3 Å². The summed E-state index contributed by atoms with van der Waals surface area (Å²) >= 11 is 1.20. The van der Waals surface area contributed by atoms with E-state index in [1.807, 2.05) is 13.8 Å². The van der Waals surface area contributed by atoms with E-state index in [1.54, 1.807) is 4.57 Å². The Morgan fingerprint density at radius 2 is 2.10 bits per heavy atom. The highest BCUT2D eigenvalue weighted by molar-refractivity contribution is 7.09. The molecule has 2 amide bonds. The van der Waals surface area contributed by atoms with Gasteiger partial charge in [-0.15, -0.1) is 0 Å². The Hall–Kier alpha value is -1.63. The molecule has 0 aromatic carbocycles. The lowest BCUT2D eigenvalue weighted by Crippen LogP contribution is -2.42. The molecular weight excluding hydrogens is 290 g/mol. The lowest BCUT2D eigenvalue weighted by atomic mass is 10.0. The average molecular weight is 311 g/mol. The van der Waals surface area contributed by atoms with Gasteiger partial charge in [-0.25, -0.2) is 0 Å². The molecular formula is C14H21N3O3S. The normalized spacial score (nSPS) is 21.4. The molecule has 1 aromatic heterocycles. The first-order valence-electron chi connectivity index (χ1n) is 7.15. The summed E-state index contributed by atoms with van der Waals surface area (Å²) in [5, 5.41) is 2.87. The van der Waals surface area contributed by atoms with E-state index in [0.717, 1.165) is 29.8 Å². The van der Waals surface area contributed by atoms with Crippen LogP contribution in [0.2, 0.25) is 0 Å². The fourth-order valence-electron chi connectivity index (χ4n) is 2.81. The van der Waals surface area contributed by atoms with Crippen molar-refractivity contribution in [3.8, 4) is 0 Å². The van der Waals surface area contributed by atoms with Gasteiger partial charge in [0.05, 0.1) is 5.92 Å². The maximum absolute atomic E-state index is 12.0. The van der Waals surface area contributed by atoms with Crippen LogP contribution in [0, 0.1) is 19.8 Å². The molecule has 0 bridgehead atoms. The number of aryl methyl sites for hydroxylation is 1. The van der Waals surface area contributed by atoms with Crippen molar-refractivity contribution in [2.24, 2.45) is 11.7 Å². The molecule has 1 aliphatic carbocycles. The van der Waals surface area contributed by atoms with Crippen LogP contribution in [0.3, 0.4) is 0 Å². The minimum absolute atomic E-state index is 0.0336. The van der Waals surface area contributed by atoms with Gasteiger partial charge in [0.2, 0.25) is 11.8 Å². The maximum atomic E-state index is 12.0. The van der Waals surface area contributed by atoms with Crippen LogP contribution in [-0.4, -0.2) is 22.4 Å². The van der Waals surface area contributed by atoms with Gasteiger partial charge in [0, 0.05) is 29.6 Å². The van der Waals surface area contributed by atoms with E-state index in [1.165, 1.54) is 11.3 Å². The Bertz CT molecular complexity index is 605. The van der Waals surface area contributed by atoms with Crippen molar-refractivity contribution in [1.82, 2.24) is 9.88 Å². The minimum atomic E-state index is -0.349. The lowest BCUT2D eigenvalue weighted by Gasteiger charge is -2.18. The van der Waals surface area contributed by atoms with Crippen LogP contribution >= 0.6 is 11.3 Å². The number of primary amides is 1. The number of thiazole rings is 1. The van der Waals surface area contributed by atoms with Crippen LogP contribution in [0.4, 0.5) is 0 Å². The molecule has 6 nitrogen and oxygen atoms in total. The van der Waals surface area contributed by atoms with Crippen molar-refractivity contribution in [2.75, 3.05) is 0 Å². The smallest absolute Gasteiger partial charge is 0.307 e. The molecule has 0 radical (unpaired) electrons. The second-order valence-electron chi connectivity index (χ2n) is 5.52. The van der Waals surface area contributed by atoms with E-state index >= 15 is 0 Å². The standard InChI is InChI=1S/C14H21N3O3S/c1-8-9(2)21-14(20)17(8)7-6-12(18)16-11-5-3-4-10(11)13(15)19/h10-11H,3-7H2,1-2H3,(H2,15,19)(H,16,18)/t10-,11+/m0/s1. The van der Waals surface area contributed by atoms with Crippen molar-refractivity contribution in [3.63, 3.8) is 0 Å². The summed E-state index contributed by atoms with van der Waals surface area (Å²) in [6.45, 7) is 4.15. The third-order valence-electron chi connectivity index (χ3n) is 4.17. The number of rotatable bonds is 5. The Kier molecular flexibility index (Phi) is 4.82. The van der Waals surface area contributed by atoms with Gasteiger partial charge in [0.15, 0.2) is 0 Å². The fraction of sp³-hybridized carbons (Fsp3) is 0.643. The molecule has 1 heterocycles. The van der Waals surface area contributed by atoms with Crippen LogP contribution < -0.4 is 15.9 Å². The molecule has 2 atom stereocenters. The molecule has 1 aliphatic rings. The Labute approximate surface area is 127 Å².